The zero-order valence-electron chi connectivity index (χ0n) is 21.2. The summed E-state index contributed by atoms with van der Waals surface area (Å²) in [5.74, 6) is 2.57. The van der Waals surface area contributed by atoms with Crippen LogP contribution in [0, 0.1) is 34.5 Å². The Morgan fingerprint density at radius 3 is 1.41 bits per heavy atom. The van der Waals surface area contributed by atoms with Crippen molar-refractivity contribution in [3.8, 4) is 0 Å². The highest BCUT2D eigenvalue weighted by Gasteiger charge is 2.47. The zero-order valence-corrected chi connectivity index (χ0v) is 23.4. The first-order chi connectivity index (χ1) is 12.9. The SMILES string of the molecule is CC(C)(C)C1CC(PC(C)(C)C2CCC(C(C)(C)P)CC2)CC(C(C)(C)C)C1O. The predicted octanol–water partition coefficient (Wildman–Crippen LogP) is 7.75. The third-order valence-corrected chi connectivity index (χ3v) is 11.0. The summed E-state index contributed by atoms with van der Waals surface area (Å²) in [5, 5.41) is 12.1. The molecule has 1 N–H and O–H groups in total. The van der Waals surface area contributed by atoms with Crippen molar-refractivity contribution in [2.24, 2.45) is 34.5 Å². The molecule has 4 atom stereocenters. The van der Waals surface area contributed by atoms with Gasteiger partial charge in [-0.05, 0) is 89.0 Å². The van der Waals surface area contributed by atoms with E-state index in [1.54, 1.807) is 0 Å². The lowest BCUT2D eigenvalue weighted by Gasteiger charge is -2.51. The van der Waals surface area contributed by atoms with Crippen molar-refractivity contribution in [1.29, 1.82) is 0 Å². The fourth-order valence-electron chi connectivity index (χ4n) is 6.32. The Bertz CT molecular complexity index is 502. The van der Waals surface area contributed by atoms with E-state index in [9.17, 15) is 5.11 Å². The van der Waals surface area contributed by atoms with Crippen LogP contribution < -0.4 is 0 Å². The summed E-state index contributed by atoms with van der Waals surface area (Å²) < 4.78 is 0. The van der Waals surface area contributed by atoms with E-state index < -0.39 is 0 Å². The lowest BCUT2D eigenvalue weighted by Crippen LogP contribution is -2.49. The Labute approximate surface area is 187 Å². The Balaban J connectivity index is 2.10. The molecule has 4 unspecified atom stereocenters. The van der Waals surface area contributed by atoms with E-state index in [0.29, 0.717) is 22.1 Å². The first-order valence-corrected chi connectivity index (χ1v) is 13.8. The molecule has 0 bridgehead atoms. The Kier molecular flexibility index (Phi) is 8.08. The van der Waals surface area contributed by atoms with Crippen LogP contribution in [-0.2, 0) is 0 Å². The second kappa shape index (κ2) is 8.99. The molecule has 2 aliphatic carbocycles. The molecule has 2 fully saturated rings. The Hall–Kier alpha value is 0.820. The van der Waals surface area contributed by atoms with Crippen LogP contribution in [0.1, 0.15) is 108 Å². The van der Waals surface area contributed by atoms with Gasteiger partial charge in [-0.15, -0.1) is 17.8 Å². The van der Waals surface area contributed by atoms with E-state index in [-0.39, 0.29) is 16.9 Å². The number of hydrogen-bond donors (Lipinski definition) is 1. The van der Waals surface area contributed by atoms with Crippen molar-refractivity contribution >= 4 is 17.8 Å². The van der Waals surface area contributed by atoms with Crippen molar-refractivity contribution in [3.05, 3.63) is 0 Å². The smallest absolute Gasteiger partial charge is 0.0606 e. The molecule has 0 aliphatic heterocycles. The van der Waals surface area contributed by atoms with Crippen molar-refractivity contribution in [1.82, 2.24) is 0 Å². The average Bonchev–Trinajstić information content (AvgIpc) is 2.53. The summed E-state index contributed by atoms with van der Waals surface area (Å²) in [4.78, 5) is 0. The predicted molar refractivity (Wildman–Crippen MR) is 137 cm³/mol. The molecular weight excluding hydrogens is 390 g/mol. The maximum Gasteiger partial charge on any atom is 0.0606 e. The minimum Gasteiger partial charge on any atom is -0.393 e. The molecule has 172 valence electrons. The van der Waals surface area contributed by atoms with Crippen LogP contribution in [0.4, 0.5) is 0 Å². The molecule has 0 heterocycles. The highest BCUT2D eigenvalue weighted by molar-refractivity contribution is 7.40. The number of aliphatic hydroxyl groups excluding tert-OH is 1. The monoisotopic (exact) mass is 442 g/mol. The van der Waals surface area contributed by atoms with E-state index in [1.165, 1.54) is 38.5 Å². The minimum atomic E-state index is -0.154. The van der Waals surface area contributed by atoms with E-state index in [4.69, 9.17) is 0 Å². The molecule has 0 amide bonds. The zero-order chi connectivity index (χ0) is 22.4. The second-order valence-electron chi connectivity index (χ2n) is 13.8. The van der Waals surface area contributed by atoms with Gasteiger partial charge in [0.15, 0.2) is 0 Å². The topological polar surface area (TPSA) is 20.2 Å². The highest BCUT2D eigenvalue weighted by atomic mass is 31.1. The van der Waals surface area contributed by atoms with Crippen molar-refractivity contribution in [2.75, 3.05) is 0 Å². The van der Waals surface area contributed by atoms with Crippen molar-refractivity contribution in [2.45, 2.75) is 130 Å². The summed E-state index contributed by atoms with van der Waals surface area (Å²) in [6.45, 7) is 23.9. The quantitative estimate of drug-likeness (QED) is 0.441. The fourth-order valence-corrected chi connectivity index (χ4v) is 8.97. The molecule has 0 aromatic rings. The first-order valence-electron chi connectivity index (χ1n) is 12.2. The Morgan fingerprint density at radius 2 is 1.07 bits per heavy atom. The van der Waals surface area contributed by atoms with E-state index in [2.05, 4.69) is 78.5 Å². The normalized spacial score (nSPS) is 36.0. The summed E-state index contributed by atoms with van der Waals surface area (Å²) in [7, 11) is 4.11. The molecule has 2 rings (SSSR count). The minimum absolute atomic E-state index is 0.154. The van der Waals surface area contributed by atoms with Gasteiger partial charge in [0, 0.05) is 0 Å². The van der Waals surface area contributed by atoms with Gasteiger partial charge in [-0.25, -0.2) is 0 Å². The average molecular weight is 443 g/mol. The van der Waals surface area contributed by atoms with Gasteiger partial charge in [-0.1, -0.05) is 69.2 Å². The molecule has 0 aromatic heterocycles. The third kappa shape index (κ3) is 6.65. The van der Waals surface area contributed by atoms with Gasteiger partial charge in [0.1, 0.15) is 0 Å². The maximum atomic E-state index is 11.3. The molecule has 0 saturated heterocycles. The third-order valence-electron chi connectivity index (χ3n) is 8.50. The lowest BCUT2D eigenvalue weighted by molar-refractivity contribution is -0.0644. The van der Waals surface area contributed by atoms with Gasteiger partial charge in [0.25, 0.3) is 0 Å². The largest absolute Gasteiger partial charge is 0.393 e. The fraction of sp³-hybridized carbons (Fsp3) is 1.00. The van der Waals surface area contributed by atoms with Crippen LogP contribution in [0.2, 0.25) is 0 Å². The van der Waals surface area contributed by atoms with Gasteiger partial charge < -0.3 is 5.11 Å². The van der Waals surface area contributed by atoms with Crippen LogP contribution >= 0.6 is 17.8 Å². The van der Waals surface area contributed by atoms with Gasteiger partial charge in [-0.3, -0.25) is 0 Å². The standard InChI is InChI=1S/C26H52OP2/c1-23(2,3)20-15-19(16-21(22(20)27)24(4,5)6)29-26(9,10)18-13-11-17(12-14-18)25(7,8)28/h17-22,27,29H,11-16,28H2,1-10H3. The molecule has 1 nitrogen and oxygen atoms in total. The van der Waals surface area contributed by atoms with Crippen LogP contribution in [0.25, 0.3) is 0 Å². The number of hydrogen-bond acceptors (Lipinski definition) is 1. The molecule has 0 aromatic carbocycles. The van der Waals surface area contributed by atoms with Gasteiger partial charge in [0.2, 0.25) is 0 Å². The molecule has 29 heavy (non-hydrogen) atoms. The molecule has 0 spiro atoms. The summed E-state index contributed by atoms with van der Waals surface area (Å²) in [6.07, 6.45) is 7.88. The van der Waals surface area contributed by atoms with Gasteiger partial charge >= 0.3 is 0 Å². The van der Waals surface area contributed by atoms with Crippen LogP contribution in [0.15, 0.2) is 0 Å². The summed E-state index contributed by atoms with van der Waals surface area (Å²) >= 11 is 0. The van der Waals surface area contributed by atoms with E-state index in [0.717, 1.165) is 26.1 Å². The molecule has 2 saturated carbocycles. The lowest BCUT2D eigenvalue weighted by atomic mass is 9.61. The second-order valence-corrected chi connectivity index (χ2v) is 17.7. The van der Waals surface area contributed by atoms with Gasteiger partial charge in [-0.2, -0.15) is 0 Å². The molecule has 3 heteroatoms. The maximum absolute atomic E-state index is 11.3. The molecule has 2 aliphatic rings. The summed E-state index contributed by atoms with van der Waals surface area (Å²) in [5.41, 5.74) is 1.13. The van der Waals surface area contributed by atoms with Crippen LogP contribution in [0.3, 0.4) is 0 Å². The van der Waals surface area contributed by atoms with E-state index >= 15 is 0 Å². The van der Waals surface area contributed by atoms with Gasteiger partial charge in [0.05, 0.1) is 6.10 Å². The highest BCUT2D eigenvalue weighted by Crippen LogP contribution is 2.56. The summed E-state index contributed by atoms with van der Waals surface area (Å²) in [6, 6.07) is 0. The van der Waals surface area contributed by atoms with Crippen LogP contribution in [-0.4, -0.2) is 27.2 Å². The number of aliphatic hydroxyl groups is 1. The van der Waals surface area contributed by atoms with E-state index in [1.807, 2.05) is 0 Å². The van der Waals surface area contributed by atoms with Crippen LogP contribution in [0.5, 0.6) is 0 Å². The molecule has 0 radical (unpaired) electrons. The first kappa shape index (κ1) is 26.1. The Morgan fingerprint density at radius 1 is 0.690 bits per heavy atom. The van der Waals surface area contributed by atoms with Crippen molar-refractivity contribution < 1.29 is 5.11 Å². The molecular formula is C26H52OP2. The number of rotatable bonds is 4. The van der Waals surface area contributed by atoms with Crippen molar-refractivity contribution in [3.63, 3.8) is 0 Å².